The molecule has 2 rings (SSSR count). The Balaban J connectivity index is 0.00000180. The van der Waals surface area contributed by atoms with E-state index in [0.29, 0.717) is 0 Å². The zero-order valence-corrected chi connectivity index (χ0v) is 13.4. The van der Waals surface area contributed by atoms with Gasteiger partial charge in [-0.2, -0.15) is 0 Å². The third kappa shape index (κ3) is 5.23. The second-order valence-corrected chi connectivity index (χ2v) is 3.68. The largest absolute Gasteiger partial charge is 1.00 e. The molecule has 0 aliphatic carbocycles. The van der Waals surface area contributed by atoms with Crippen LogP contribution in [0.3, 0.4) is 0 Å². The second kappa shape index (κ2) is 7.39. The van der Waals surface area contributed by atoms with Crippen LogP contribution in [0.5, 0.6) is 5.75 Å². The Labute approximate surface area is 151 Å². The van der Waals surface area contributed by atoms with Gasteiger partial charge in [0.05, 0.1) is 6.20 Å². The van der Waals surface area contributed by atoms with E-state index in [4.69, 9.17) is 4.74 Å². The average molecular weight is 292 g/mol. The molecule has 3 nitrogen and oxygen atoms in total. The van der Waals surface area contributed by atoms with Crippen LogP contribution < -0.4 is 61.6 Å². The maximum Gasteiger partial charge on any atom is 1.00 e. The summed E-state index contributed by atoms with van der Waals surface area (Å²) in [6, 6.07) is 4.45. The van der Waals surface area contributed by atoms with E-state index < -0.39 is 12.4 Å². The van der Waals surface area contributed by atoms with Crippen LogP contribution in [0.4, 0.5) is 12.9 Å². The summed E-state index contributed by atoms with van der Waals surface area (Å²) in [5.41, 5.74) is 0.0131. The topological polar surface area (TPSA) is 35.0 Å². The molecule has 2 aromatic heterocycles. The van der Waals surface area contributed by atoms with Gasteiger partial charge in [-0.15, -0.1) is 0 Å². The van der Waals surface area contributed by atoms with E-state index in [2.05, 4.69) is 9.97 Å². The summed E-state index contributed by atoms with van der Waals surface area (Å²) in [4.78, 5) is 7.40. The van der Waals surface area contributed by atoms with Crippen LogP contribution in [0, 0.1) is 0 Å². The monoisotopic (exact) mass is 292 g/mol. The molecule has 2 heterocycles. The first-order valence-corrected chi connectivity index (χ1v) is 5.22. The van der Waals surface area contributed by atoms with Crippen LogP contribution >= 0.6 is 0 Å². The van der Waals surface area contributed by atoms with Crippen LogP contribution in [0.25, 0.3) is 0 Å². The van der Waals surface area contributed by atoms with Crippen LogP contribution in [-0.4, -0.2) is 16.9 Å². The van der Waals surface area contributed by atoms with E-state index in [-0.39, 0.29) is 63.7 Å². The standard InChI is InChI=1S/C11H9BF3N2O.K/c13-12(14,15)10-4-11(7-17-6-10)18-8-9-2-1-3-16-5-9;/h1-7H,8H2;/q-1;+1. The number of ether oxygens (including phenoxy) is 1. The number of halogens is 3. The number of nitrogens with zero attached hydrogens (tertiary/aromatic N) is 2. The maximum absolute atomic E-state index is 12.5. The van der Waals surface area contributed by atoms with E-state index in [1.807, 2.05) is 0 Å². The van der Waals surface area contributed by atoms with Gasteiger partial charge in [0.2, 0.25) is 0 Å². The fraction of sp³-hybridized carbons (Fsp3) is 0.0909. The van der Waals surface area contributed by atoms with Gasteiger partial charge in [-0.3, -0.25) is 9.97 Å². The second-order valence-electron chi connectivity index (χ2n) is 3.68. The fourth-order valence-corrected chi connectivity index (χ4v) is 1.34. The van der Waals surface area contributed by atoms with Gasteiger partial charge in [0.1, 0.15) is 12.4 Å². The van der Waals surface area contributed by atoms with Crippen LogP contribution in [-0.2, 0) is 6.61 Å². The maximum atomic E-state index is 12.5. The summed E-state index contributed by atoms with van der Waals surface area (Å²) >= 11 is 0. The van der Waals surface area contributed by atoms with Gasteiger partial charge in [0, 0.05) is 24.2 Å². The Morgan fingerprint density at radius 1 is 1.11 bits per heavy atom. The molecule has 0 saturated heterocycles. The molecule has 0 aliphatic rings. The van der Waals surface area contributed by atoms with Gasteiger partial charge in [0.25, 0.3) is 0 Å². The van der Waals surface area contributed by atoms with Crippen molar-refractivity contribution in [2.24, 2.45) is 0 Å². The summed E-state index contributed by atoms with van der Waals surface area (Å²) in [5.74, 6) is 0.0931. The molecule has 0 spiro atoms. The minimum atomic E-state index is -5.05. The molecule has 0 atom stereocenters. The Kier molecular flexibility index (Phi) is 6.48. The van der Waals surface area contributed by atoms with Gasteiger partial charge >= 0.3 is 58.4 Å². The van der Waals surface area contributed by atoms with Crippen molar-refractivity contribution in [1.29, 1.82) is 0 Å². The number of rotatable bonds is 4. The van der Waals surface area contributed by atoms with Crippen LogP contribution in [0.15, 0.2) is 43.0 Å². The van der Waals surface area contributed by atoms with Crippen molar-refractivity contribution in [3.8, 4) is 5.75 Å². The number of hydrogen-bond acceptors (Lipinski definition) is 3. The van der Waals surface area contributed by atoms with Gasteiger partial charge in [0.15, 0.2) is 0 Å². The predicted molar refractivity (Wildman–Crippen MR) is 61.5 cm³/mol. The molecule has 0 amide bonds. The van der Waals surface area contributed by atoms with Crippen molar-refractivity contribution in [2.45, 2.75) is 6.61 Å². The number of aromatic nitrogens is 2. The summed E-state index contributed by atoms with van der Waals surface area (Å²) in [6.45, 7) is -4.89. The number of hydrogen-bond donors (Lipinski definition) is 0. The van der Waals surface area contributed by atoms with Gasteiger partial charge in [-0.1, -0.05) is 11.5 Å². The molecule has 0 bridgehead atoms. The molecule has 0 N–H and O–H groups in total. The Morgan fingerprint density at radius 2 is 1.89 bits per heavy atom. The molecule has 94 valence electrons. The molecule has 0 unspecified atom stereocenters. The van der Waals surface area contributed by atoms with Crippen molar-refractivity contribution in [2.75, 3.05) is 0 Å². The summed E-state index contributed by atoms with van der Waals surface area (Å²) in [6.07, 6.45) is 5.24. The molecule has 0 aliphatic heterocycles. The first-order chi connectivity index (χ1) is 8.55. The number of pyridine rings is 2. The van der Waals surface area contributed by atoms with E-state index in [1.54, 1.807) is 24.5 Å². The Bertz CT molecular complexity index is 525. The fourth-order valence-electron chi connectivity index (χ4n) is 1.34. The minimum Gasteiger partial charge on any atom is -0.487 e. The smallest absolute Gasteiger partial charge is 0.487 e. The van der Waals surface area contributed by atoms with E-state index in [9.17, 15) is 12.9 Å². The Hall–Kier alpha value is -0.409. The van der Waals surface area contributed by atoms with Gasteiger partial charge in [-0.05, 0) is 12.1 Å². The first-order valence-electron chi connectivity index (χ1n) is 5.22. The Morgan fingerprint density at radius 3 is 2.53 bits per heavy atom. The van der Waals surface area contributed by atoms with Crippen molar-refractivity contribution in [1.82, 2.24) is 9.97 Å². The van der Waals surface area contributed by atoms with E-state index in [1.165, 1.54) is 6.20 Å². The predicted octanol–water partition coefficient (Wildman–Crippen LogP) is -0.886. The first kappa shape index (κ1) is 16.6. The van der Waals surface area contributed by atoms with Gasteiger partial charge < -0.3 is 17.7 Å². The third-order valence-corrected chi connectivity index (χ3v) is 2.24. The van der Waals surface area contributed by atoms with Gasteiger partial charge in [-0.25, -0.2) is 0 Å². The SMILES string of the molecule is F[B-](F)(F)c1cncc(OCc2cccnc2)c1.[K+]. The summed E-state index contributed by atoms with van der Waals surface area (Å²) in [7, 11) is 0. The zero-order valence-electron chi connectivity index (χ0n) is 10.3. The molecular weight excluding hydrogens is 283 g/mol. The van der Waals surface area contributed by atoms with Crippen molar-refractivity contribution < 1.29 is 69.1 Å². The van der Waals surface area contributed by atoms with Crippen molar-refractivity contribution >= 4 is 12.4 Å². The van der Waals surface area contributed by atoms with Crippen LogP contribution in [0.2, 0.25) is 0 Å². The normalized spacial score (nSPS) is 10.7. The van der Waals surface area contributed by atoms with E-state index >= 15 is 0 Å². The molecule has 0 saturated carbocycles. The van der Waals surface area contributed by atoms with E-state index in [0.717, 1.165) is 17.8 Å². The molecule has 19 heavy (non-hydrogen) atoms. The molecule has 8 heteroatoms. The molecule has 0 aromatic carbocycles. The minimum absolute atomic E-state index is 0. The molecule has 0 radical (unpaired) electrons. The van der Waals surface area contributed by atoms with Crippen molar-refractivity contribution in [3.05, 3.63) is 48.5 Å². The summed E-state index contributed by atoms with van der Waals surface area (Å²) in [5, 5.41) is 0. The molecule has 0 fully saturated rings. The summed E-state index contributed by atoms with van der Waals surface area (Å²) < 4.78 is 42.7. The molecule has 2 aromatic rings. The quantitative estimate of drug-likeness (QED) is 0.686. The van der Waals surface area contributed by atoms with Crippen LogP contribution in [0.1, 0.15) is 5.56 Å². The third-order valence-electron chi connectivity index (χ3n) is 2.24. The molecular formula is C11H9BF3KN2O. The van der Waals surface area contributed by atoms with Crippen molar-refractivity contribution in [3.63, 3.8) is 0 Å². The average Bonchev–Trinajstić information content (AvgIpc) is 2.37. The zero-order chi connectivity index (χ0) is 13.0.